The Morgan fingerprint density at radius 1 is 1.03 bits per heavy atom. The van der Waals surface area contributed by atoms with Gasteiger partial charge in [0.1, 0.15) is 18.0 Å². The van der Waals surface area contributed by atoms with E-state index in [1.54, 1.807) is 14.2 Å². The molecule has 0 radical (unpaired) electrons. The number of amides is 1. The number of hydrogen-bond acceptors (Lipinski definition) is 4. The molecule has 0 bridgehead atoms. The summed E-state index contributed by atoms with van der Waals surface area (Å²) in [7, 11) is 3.31. The van der Waals surface area contributed by atoms with Crippen molar-refractivity contribution in [1.82, 2.24) is 15.5 Å². The van der Waals surface area contributed by atoms with Gasteiger partial charge in [0.25, 0.3) is 0 Å². The van der Waals surface area contributed by atoms with Crippen molar-refractivity contribution >= 4 is 11.9 Å². The van der Waals surface area contributed by atoms with Gasteiger partial charge in [0.2, 0.25) is 5.91 Å². The molecule has 1 unspecified atom stereocenters. The Morgan fingerprint density at radius 3 is 2.29 bits per heavy atom. The molecule has 31 heavy (non-hydrogen) atoms. The quantitative estimate of drug-likeness (QED) is 0.504. The number of carbonyl (C=O) groups is 1. The number of ether oxygens (including phenoxy) is 2. The largest absolute Gasteiger partial charge is 0.497 e. The summed E-state index contributed by atoms with van der Waals surface area (Å²) in [5.74, 6) is 2.80. The molecule has 2 aromatic carbocycles. The third kappa shape index (κ3) is 6.38. The van der Waals surface area contributed by atoms with E-state index in [-0.39, 0.29) is 12.5 Å². The minimum atomic E-state index is -0.0999. The summed E-state index contributed by atoms with van der Waals surface area (Å²) in [6.07, 6.45) is 1.06. The zero-order valence-corrected chi connectivity index (χ0v) is 18.6. The third-order valence-corrected chi connectivity index (χ3v) is 5.43. The normalized spacial score (nSPS) is 16.2. The third-order valence-electron chi connectivity index (χ3n) is 5.43. The Morgan fingerprint density at radius 2 is 1.68 bits per heavy atom. The molecule has 1 aliphatic heterocycles. The predicted molar refractivity (Wildman–Crippen MR) is 123 cm³/mol. The lowest BCUT2D eigenvalue weighted by Gasteiger charge is -2.21. The number of aliphatic imine (C=N–C) groups is 1. The number of nitrogens with one attached hydrogen (secondary N) is 2. The van der Waals surface area contributed by atoms with E-state index in [0.717, 1.165) is 49.1 Å². The topological polar surface area (TPSA) is 75.2 Å². The first-order valence-corrected chi connectivity index (χ1v) is 10.7. The summed E-state index contributed by atoms with van der Waals surface area (Å²) in [4.78, 5) is 19.1. The summed E-state index contributed by atoms with van der Waals surface area (Å²) in [6, 6.07) is 15.9. The minimum Gasteiger partial charge on any atom is -0.497 e. The Balaban J connectivity index is 1.53. The first kappa shape index (κ1) is 22.5. The second kappa shape index (κ2) is 11.2. The molecule has 7 heteroatoms. The maximum absolute atomic E-state index is 12.3. The Hall–Kier alpha value is -3.22. The van der Waals surface area contributed by atoms with E-state index in [2.05, 4.69) is 32.7 Å². The smallest absolute Gasteiger partial charge is 0.242 e. The molecule has 0 spiro atoms. The van der Waals surface area contributed by atoms with Gasteiger partial charge in [-0.05, 0) is 48.7 Å². The maximum Gasteiger partial charge on any atom is 0.242 e. The summed E-state index contributed by atoms with van der Waals surface area (Å²) in [6.45, 7) is 5.16. The SMILES string of the molecule is CCNC(=NCC(=O)NCc1ccc(OC)cc1)N1CCC(c2ccc(OC)cc2)C1. The van der Waals surface area contributed by atoms with E-state index in [1.165, 1.54) is 5.56 Å². The molecular formula is C24H32N4O3. The van der Waals surface area contributed by atoms with Crippen LogP contribution in [0, 0.1) is 0 Å². The van der Waals surface area contributed by atoms with Crippen molar-refractivity contribution in [2.75, 3.05) is 40.4 Å². The fourth-order valence-electron chi connectivity index (χ4n) is 3.67. The maximum atomic E-state index is 12.3. The molecule has 1 saturated heterocycles. The first-order valence-electron chi connectivity index (χ1n) is 10.7. The van der Waals surface area contributed by atoms with Crippen LogP contribution in [-0.2, 0) is 11.3 Å². The van der Waals surface area contributed by atoms with E-state index >= 15 is 0 Å². The fraction of sp³-hybridized carbons (Fsp3) is 0.417. The highest BCUT2D eigenvalue weighted by Gasteiger charge is 2.26. The molecule has 0 saturated carbocycles. The zero-order chi connectivity index (χ0) is 22.1. The Labute approximate surface area is 184 Å². The van der Waals surface area contributed by atoms with Gasteiger partial charge in [0, 0.05) is 32.1 Å². The van der Waals surface area contributed by atoms with Gasteiger partial charge in [-0.3, -0.25) is 4.79 Å². The van der Waals surface area contributed by atoms with E-state index in [9.17, 15) is 4.79 Å². The predicted octanol–water partition coefficient (Wildman–Crippen LogP) is 2.78. The van der Waals surface area contributed by atoms with Gasteiger partial charge in [-0.15, -0.1) is 0 Å². The van der Waals surface area contributed by atoms with Crippen molar-refractivity contribution in [1.29, 1.82) is 0 Å². The lowest BCUT2D eigenvalue weighted by Crippen LogP contribution is -2.40. The van der Waals surface area contributed by atoms with Gasteiger partial charge in [-0.1, -0.05) is 24.3 Å². The molecule has 1 heterocycles. The molecule has 0 aromatic heterocycles. The number of methoxy groups -OCH3 is 2. The number of guanidine groups is 1. The highest BCUT2D eigenvalue weighted by Crippen LogP contribution is 2.28. The van der Waals surface area contributed by atoms with Crippen molar-refractivity contribution in [3.05, 3.63) is 59.7 Å². The first-order chi connectivity index (χ1) is 15.1. The lowest BCUT2D eigenvalue weighted by atomic mass is 9.98. The van der Waals surface area contributed by atoms with Gasteiger partial charge in [0.05, 0.1) is 14.2 Å². The fourth-order valence-corrected chi connectivity index (χ4v) is 3.67. The van der Waals surface area contributed by atoms with Crippen LogP contribution in [0.5, 0.6) is 11.5 Å². The lowest BCUT2D eigenvalue weighted by molar-refractivity contribution is -0.119. The van der Waals surface area contributed by atoms with Crippen molar-refractivity contribution in [3.63, 3.8) is 0 Å². The van der Waals surface area contributed by atoms with Crippen LogP contribution in [0.3, 0.4) is 0 Å². The number of rotatable bonds is 8. The van der Waals surface area contributed by atoms with Crippen LogP contribution in [-0.4, -0.2) is 57.2 Å². The molecule has 1 amide bonds. The van der Waals surface area contributed by atoms with Gasteiger partial charge < -0.3 is 25.0 Å². The number of benzene rings is 2. The Bertz CT molecular complexity index is 865. The van der Waals surface area contributed by atoms with Crippen molar-refractivity contribution < 1.29 is 14.3 Å². The minimum absolute atomic E-state index is 0.0994. The van der Waals surface area contributed by atoms with Crippen LogP contribution < -0.4 is 20.1 Å². The molecule has 1 atom stereocenters. The summed E-state index contributed by atoms with van der Waals surface area (Å²) in [5.41, 5.74) is 2.32. The second-order valence-corrected chi connectivity index (χ2v) is 7.50. The molecule has 7 nitrogen and oxygen atoms in total. The van der Waals surface area contributed by atoms with E-state index in [4.69, 9.17) is 9.47 Å². The highest BCUT2D eigenvalue weighted by atomic mass is 16.5. The molecule has 2 aromatic rings. The van der Waals surface area contributed by atoms with Crippen LogP contribution in [0.15, 0.2) is 53.5 Å². The monoisotopic (exact) mass is 424 g/mol. The molecule has 0 aliphatic carbocycles. The zero-order valence-electron chi connectivity index (χ0n) is 18.6. The number of carbonyl (C=O) groups excluding carboxylic acids is 1. The number of likely N-dealkylation sites (tertiary alicyclic amines) is 1. The molecule has 3 rings (SSSR count). The van der Waals surface area contributed by atoms with Gasteiger partial charge in [-0.25, -0.2) is 4.99 Å². The average molecular weight is 425 g/mol. The molecule has 1 aliphatic rings. The van der Waals surface area contributed by atoms with Crippen LogP contribution >= 0.6 is 0 Å². The van der Waals surface area contributed by atoms with Crippen molar-refractivity contribution in [2.45, 2.75) is 25.8 Å². The van der Waals surface area contributed by atoms with Gasteiger partial charge in [-0.2, -0.15) is 0 Å². The van der Waals surface area contributed by atoms with Crippen LogP contribution in [0.1, 0.15) is 30.4 Å². The standard InChI is InChI=1S/C24H32N4O3/c1-4-25-24(27-16-23(29)26-15-18-5-9-21(30-2)10-6-18)28-14-13-20(17-28)19-7-11-22(31-3)12-8-19/h5-12,20H,4,13-17H2,1-3H3,(H,25,27)(H,26,29). The summed E-state index contributed by atoms with van der Waals surface area (Å²) in [5, 5.41) is 6.24. The van der Waals surface area contributed by atoms with Gasteiger partial charge >= 0.3 is 0 Å². The summed E-state index contributed by atoms with van der Waals surface area (Å²) >= 11 is 0. The van der Waals surface area contributed by atoms with Crippen molar-refractivity contribution in [3.8, 4) is 11.5 Å². The molecule has 1 fully saturated rings. The molecule has 166 valence electrons. The number of nitrogens with zero attached hydrogens (tertiary/aromatic N) is 2. The molecule has 2 N–H and O–H groups in total. The molecular weight excluding hydrogens is 392 g/mol. The van der Waals surface area contributed by atoms with E-state index in [0.29, 0.717) is 12.5 Å². The van der Waals surface area contributed by atoms with Crippen LogP contribution in [0.25, 0.3) is 0 Å². The van der Waals surface area contributed by atoms with E-state index in [1.807, 2.05) is 43.3 Å². The van der Waals surface area contributed by atoms with Crippen LogP contribution in [0.4, 0.5) is 0 Å². The Kier molecular flexibility index (Phi) is 8.15. The van der Waals surface area contributed by atoms with Gasteiger partial charge in [0.15, 0.2) is 5.96 Å². The number of hydrogen-bond donors (Lipinski definition) is 2. The van der Waals surface area contributed by atoms with E-state index < -0.39 is 0 Å². The average Bonchev–Trinajstić information content (AvgIpc) is 3.31. The second-order valence-electron chi connectivity index (χ2n) is 7.50. The highest BCUT2D eigenvalue weighted by molar-refractivity contribution is 5.85. The van der Waals surface area contributed by atoms with Crippen molar-refractivity contribution in [2.24, 2.45) is 4.99 Å². The van der Waals surface area contributed by atoms with Crippen LogP contribution in [0.2, 0.25) is 0 Å². The summed E-state index contributed by atoms with van der Waals surface area (Å²) < 4.78 is 10.4.